The van der Waals surface area contributed by atoms with Gasteiger partial charge in [0, 0.05) is 25.2 Å². The van der Waals surface area contributed by atoms with Gasteiger partial charge in [-0.2, -0.15) is 0 Å². The third-order valence-corrected chi connectivity index (χ3v) is 11.9. The van der Waals surface area contributed by atoms with Crippen LogP contribution in [-0.2, 0) is 13.9 Å². The average molecular weight is 520 g/mol. The predicted octanol–water partition coefficient (Wildman–Crippen LogP) is 4.88. The zero-order chi connectivity index (χ0) is 26.5. The summed E-state index contributed by atoms with van der Waals surface area (Å²) in [5, 5.41) is 13.2. The Bertz CT molecular complexity index is 1160. The van der Waals surface area contributed by atoms with E-state index in [9.17, 15) is 14.9 Å². The van der Waals surface area contributed by atoms with Gasteiger partial charge in [0.1, 0.15) is 6.10 Å². The van der Waals surface area contributed by atoms with Crippen molar-refractivity contribution in [1.82, 2.24) is 0 Å². The van der Waals surface area contributed by atoms with E-state index in [0.29, 0.717) is 26.1 Å². The third-order valence-electron chi connectivity index (χ3n) is 6.86. The molecular formula is C29H33NO6Si. The minimum Gasteiger partial charge on any atom is -0.456 e. The summed E-state index contributed by atoms with van der Waals surface area (Å²) in [4.78, 5) is 23.1. The molecule has 7 nitrogen and oxygen atoms in total. The summed E-state index contributed by atoms with van der Waals surface area (Å²) in [6.07, 6.45) is 0.511. The van der Waals surface area contributed by atoms with E-state index in [4.69, 9.17) is 13.9 Å². The van der Waals surface area contributed by atoms with Crippen molar-refractivity contribution in [3.8, 4) is 0 Å². The third kappa shape index (κ3) is 5.82. The molecule has 3 aromatic rings. The molecule has 0 spiro atoms. The Morgan fingerprint density at radius 1 is 0.973 bits per heavy atom. The van der Waals surface area contributed by atoms with Gasteiger partial charge in [0.15, 0.2) is 0 Å². The second-order valence-corrected chi connectivity index (χ2v) is 14.6. The SMILES string of the molecule is CC(C)(C)[Si](OCC[C@@H]1OCC[C@H]1OC(=O)c1ccc([N+](=O)[O-])cc1)(c1ccccc1)c1ccccc1. The van der Waals surface area contributed by atoms with Crippen molar-refractivity contribution in [2.75, 3.05) is 13.2 Å². The van der Waals surface area contributed by atoms with Gasteiger partial charge in [-0.25, -0.2) is 4.79 Å². The van der Waals surface area contributed by atoms with Crippen LogP contribution >= 0.6 is 0 Å². The summed E-state index contributed by atoms with van der Waals surface area (Å²) >= 11 is 0. The highest BCUT2D eigenvalue weighted by Gasteiger charge is 2.50. The summed E-state index contributed by atoms with van der Waals surface area (Å²) < 4.78 is 18.6. The number of benzene rings is 3. The monoisotopic (exact) mass is 519 g/mol. The number of ether oxygens (including phenoxy) is 2. The van der Waals surface area contributed by atoms with Crippen LogP contribution in [0.15, 0.2) is 84.9 Å². The maximum atomic E-state index is 12.7. The zero-order valence-electron chi connectivity index (χ0n) is 21.5. The Labute approximate surface area is 218 Å². The first kappa shape index (κ1) is 26.7. The molecule has 0 aliphatic carbocycles. The fourth-order valence-electron chi connectivity index (χ4n) is 5.05. The van der Waals surface area contributed by atoms with Crippen molar-refractivity contribution in [3.05, 3.63) is 101 Å². The number of non-ortho nitro benzene ring substituents is 1. The van der Waals surface area contributed by atoms with E-state index in [1.807, 2.05) is 12.1 Å². The predicted molar refractivity (Wildman–Crippen MR) is 145 cm³/mol. The first-order valence-electron chi connectivity index (χ1n) is 12.5. The summed E-state index contributed by atoms with van der Waals surface area (Å²) in [7, 11) is -2.66. The molecule has 1 saturated heterocycles. The van der Waals surface area contributed by atoms with Crippen LogP contribution in [0.2, 0.25) is 5.04 Å². The molecule has 194 valence electrons. The Hall–Kier alpha value is -3.33. The maximum absolute atomic E-state index is 12.7. The van der Waals surface area contributed by atoms with Gasteiger partial charge in [-0.1, -0.05) is 81.4 Å². The standard InChI is InChI=1S/C29H33NO6Si/c1-29(2,3)37(24-10-6-4-7-11-24,25-12-8-5-9-13-25)35-21-19-26-27(18-20-34-26)36-28(31)22-14-16-23(17-15-22)30(32)33/h4-17,26-27H,18-21H2,1-3H3/t26-,27+/m0/s1. The van der Waals surface area contributed by atoms with E-state index in [-0.39, 0.29) is 22.4 Å². The van der Waals surface area contributed by atoms with Gasteiger partial charge in [-0.15, -0.1) is 0 Å². The number of rotatable bonds is 9. The molecule has 0 bridgehead atoms. The van der Waals surface area contributed by atoms with Crippen molar-refractivity contribution in [2.45, 2.75) is 50.9 Å². The molecule has 1 aliphatic heterocycles. The molecule has 0 aromatic heterocycles. The molecule has 0 unspecified atom stereocenters. The van der Waals surface area contributed by atoms with E-state index < -0.39 is 25.3 Å². The van der Waals surface area contributed by atoms with Crippen LogP contribution in [0.1, 0.15) is 44.0 Å². The number of carbonyl (C=O) groups excluding carboxylic acids is 1. The molecule has 0 radical (unpaired) electrons. The molecule has 1 aliphatic rings. The van der Waals surface area contributed by atoms with Crippen LogP contribution in [-0.4, -0.2) is 44.6 Å². The molecule has 8 heteroatoms. The van der Waals surface area contributed by atoms with Crippen molar-refractivity contribution in [3.63, 3.8) is 0 Å². The van der Waals surface area contributed by atoms with E-state index in [2.05, 4.69) is 69.3 Å². The van der Waals surface area contributed by atoms with Crippen molar-refractivity contribution in [2.24, 2.45) is 0 Å². The second-order valence-electron chi connectivity index (χ2n) is 10.2. The van der Waals surface area contributed by atoms with E-state index >= 15 is 0 Å². The summed E-state index contributed by atoms with van der Waals surface area (Å²) in [6.45, 7) is 7.67. The van der Waals surface area contributed by atoms with Crippen molar-refractivity contribution >= 4 is 30.3 Å². The highest BCUT2D eigenvalue weighted by molar-refractivity contribution is 6.99. The molecular weight excluding hydrogens is 486 g/mol. The van der Waals surface area contributed by atoms with Gasteiger partial charge in [0.25, 0.3) is 14.0 Å². The molecule has 37 heavy (non-hydrogen) atoms. The molecule has 1 fully saturated rings. The van der Waals surface area contributed by atoms with Gasteiger partial charge in [-0.3, -0.25) is 10.1 Å². The number of nitrogens with zero attached hydrogens (tertiary/aromatic N) is 1. The lowest BCUT2D eigenvalue weighted by atomic mass is 10.1. The maximum Gasteiger partial charge on any atom is 0.338 e. The van der Waals surface area contributed by atoms with Gasteiger partial charge < -0.3 is 13.9 Å². The molecule has 1 heterocycles. The largest absolute Gasteiger partial charge is 0.456 e. The lowest BCUT2D eigenvalue weighted by Gasteiger charge is -2.43. The molecule has 0 amide bonds. The number of nitro groups is 1. The van der Waals surface area contributed by atoms with Crippen LogP contribution in [0.25, 0.3) is 0 Å². The van der Waals surface area contributed by atoms with E-state index in [1.165, 1.54) is 34.6 Å². The number of carbonyl (C=O) groups is 1. The summed E-state index contributed by atoms with van der Waals surface area (Å²) in [5.74, 6) is -0.511. The summed E-state index contributed by atoms with van der Waals surface area (Å²) in [5.41, 5.74) is 0.207. The summed E-state index contributed by atoms with van der Waals surface area (Å²) in [6, 6.07) is 26.3. The van der Waals surface area contributed by atoms with E-state index in [0.717, 1.165) is 0 Å². The molecule has 0 N–H and O–H groups in total. The van der Waals surface area contributed by atoms with Crippen LogP contribution in [0.3, 0.4) is 0 Å². The normalized spacial score (nSPS) is 17.9. The highest BCUT2D eigenvalue weighted by atomic mass is 28.4. The van der Waals surface area contributed by atoms with Gasteiger partial charge in [0.05, 0.1) is 23.2 Å². The lowest BCUT2D eigenvalue weighted by molar-refractivity contribution is -0.384. The van der Waals surface area contributed by atoms with Gasteiger partial charge in [0.2, 0.25) is 0 Å². The Kier molecular flexibility index (Phi) is 8.21. The van der Waals surface area contributed by atoms with Crippen LogP contribution in [0.4, 0.5) is 5.69 Å². The van der Waals surface area contributed by atoms with Crippen LogP contribution < -0.4 is 10.4 Å². The molecule has 3 aromatic carbocycles. The van der Waals surface area contributed by atoms with Crippen LogP contribution in [0.5, 0.6) is 0 Å². The average Bonchev–Trinajstić information content (AvgIpc) is 3.33. The number of hydrogen-bond donors (Lipinski definition) is 0. The van der Waals surface area contributed by atoms with Gasteiger partial charge >= 0.3 is 5.97 Å². The number of hydrogen-bond acceptors (Lipinski definition) is 6. The molecule has 4 rings (SSSR count). The quantitative estimate of drug-likeness (QED) is 0.173. The second kappa shape index (κ2) is 11.4. The Morgan fingerprint density at radius 3 is 2.05 bits per heavy atom. The first-order valence-corrected chi connectivity index (χ1v) is 14.5. The van der Waals surface area contributed by atoms with Crippen LogP contribution in [0, 0.1) is 10.1 Å². The fraction of sp³-hybridized carbons (Fsp3) is 0.345. The lowest BCUT2D eigenvalue weighted by Crippen LogP contribution is -2.66. The van der Waals surface area contributed by atoms with Crippen molar-refractivity contribution in [1.29, 1.82) is 0 Å². The minimum atomic E-state index is -2.66. The van der Waals surface area contributed by atoms with Crippen molar-refractivity contribution < 1.29 is 23.6 Å². The Balaban J connectivity index is 1.48. The zero-order valence-corrected chi connectivity index (χ0v) is 22.5. The smallest absolute Gasteiger partial charge is 0.338 e. The number of esters is 1. The topological polar surface area (TPSA) is 87.9 Å². The first-order chi connectivity index (χ1) is 17.7. The highest BCUT2D eigenvalue weighted by Crippen LogP contribution is 2.37. The van der Waals surface area contributed by atoms with E-state index in [1.54, 1.807) is 0 Å². The fourth-order valence-corrected chi connectivity index (χ4v) is 9.63. The molecule has 2 atom stereocenters. The molecule has 0 saturated carbocycles. The minimum absolute atomic E-state index is 0.0703. The Morgan fingerprint density at radius 2 is 1.54 bits per heavy atom. The number of nitro benzene ring substituents is 1. The van der Waals surface area contributed by atoms with Gasteiger partial charge in [-0.05, 0) is 34.0 Å².